The van der Waals surface area contributed by atoms with Gasteiger partial charge in [0.15, 0.2) is 0 Å². The molecule has 0 N–H and O–H groups in total. The third-order valence-electron chi connectivity index (χ3n) is 1.91. The molecule has 0 aliphatic rings. The summed E-state index contributed by atoms with van der Waals surface area (Å²) < 4.78 is 5.04. The number of aromatic nitrogens is 2. The Hall–Kier alpha value is -1.55. The van der Waals surface area contributed by atoms with Crippen LogP contribution in [-0.2, 0) is 0 Å². The van der Waals surface area contributed by atoms with Crippen molar-refractivity contribution >= 4 is 17.6 Å². The molecule has 2 rings (SSSR count). The lowest BCUT2D eigenvalue weighted by Crippen LogP contribution is -2.08. The van der Waals surface area contributed by atoms with E-state index < -0.39 is 0 Å². The highest BCUT2D eigenvalue weighted by Crippen LogP contribution is 2.26. The van der Waals surface area contributed by atoms with Crippen molar-refractivity contribution in [3.8, 4) is 11.4 Å². The van der Waals surface area contributed by atoms with Gasteiger partial charge in [0.05, 0.1) is 5.02 Å². The molecular weight excluding hydrogens is 214 g/mol. The molecule has 0 bridgehead atoms. The first-order valence-electron chi connectivity index (χ1n) is 4.44. The molecule has 1 heterocycles. The van der Waals surface area contributed by atoms with Gasteiger partial charge in [0.1, 0.15) is 0 Å². The minimum Gasteiger partial charge on any atom is -0.331 e. The van der Waals surface area contributed by atoms with Crippen LogP contribution in [0.1, 0.15) is 0 Å². The normalized spacial score (nSPS) is 10.3. The molecule has 0 unspecified atom stereocenters. The largest absolute Gasteiger partial charge is 0.331 e. The Balaban J connectivity index is 2.42. The zero-order valence-corrected chi connectivity index (χ0v) is 9.19. The Kier molecular flexibility index (Phi) is 2.60. The van der Waals surface area contributed by atoms with Crippen LogP contribution in [0.2, 0.25) is 5.02 Å². The number of rotatable bonds is 2. The smallest absolute Gasteiger partial charge is 0.323 e. The van der Waals surface area contributed by atoms with Crippen molar-refractivity contribution in [1.29, 1.82) is 0 Å². The fourth-order valence-corrected chi connectivity index (χ4v) is 1.37. The standard InChI is InChI=1S/C10H10ClN3O/c1-14(2)10-12-9(13-15-10)7-5-3-4-6-8(7)11/h3-6H,1-2H3. The Morgan fingerprint density at radius 3 is 2.60 bits per heavy atom. The first-order valence-corrected chi connectivity index (χ1v) is 4.82. The molecule has 0 saturated carbocycles. The summed E-state index contributed by atoms with van der Waals surface area (Å²) in [6, 6.07) is 7.85. The van der Waals surface area contributed by atoms with Gasteiger partial charge in [-0.1, -0.05) is 28.9 Å². The third-order valence-corrected chi connectivity index (χ3v) is 2.24. The summed E-state index contributed by atoms with van der Waals surface area (Å²) in [5.41, 5.74) is 0.774. The number of anilines is 1. The van der Waals surface area contributed by atoms with Crippen molar-refractivity contribution in [2.45, 2.75) is 0 Å². The van der Waals surface area contributed by atoms with E-state index in [1.165, 1.54) is 0 Å². The highest BCUT2D eigenvalue weighted by atomic mass is 35.5. The Labute approximate surface area is 92.5 Å². The molecule has 4 nitrogen and oxygen atoms in total. The highest BCUT2D eigenvalue weighted by molar-refractivity contribution is 6.33. The lowest BCUT2D eigenvalue weighted by atomic mass is 10.2. The lowest BCUT2D eigenvalue weighted by molar-refractivity contribution is 0.423. The maximum absolute atomic E-state index is 6.01. The van der Waals surface area contributed by atoms with E-state index in [0.717, 1.165) is 5.56 Å². The fourth-order valence-electron chi connectivity index (χ4n) is 1.15. The van der Waals surface area contributed by atoms with E-state index in [0.29, 0.717) is 16.9 Å². The molecule has 0 aliphatic heterocycles. The maximum Gasteiger partial charge on any atom is 0.323 e. The third kappa shape index (κ3) is 1.94. The molecule has 2 aromatic rings. The van der Waals surface area contributed by atoms with Crippen LogP contribution in [0.25, 0.3) is 11.4 Å². The molecule has 1 aromatic carbocycles. The summed E-state index contributed by atoms with van der Waals surface area (Å²) in [7, 11) is 3.67. The predicted octanol–water partition coefficient (Wildman–Crippen LogP) is 2.46. The minimum atomic E-state index is 0.463. The van der Waals surface area contributed by atoms with E-state index in [1.54, 1.807) is 11.0 Å². The second-order valence-corrected chi connectivity index (χ2v) is 3.68. The zero-order chi connectivity index (χ0) is 10.8. The van der Waals surface area contributed by atoms with Gasteiger partial charge in [-0.05, 0) is 12.1 Å². The lowest BCUT2D eigenvalue weighted by Gasteiger charge is -2.02. The van der Waals surface area contributed by atoms with E-state index in [-0.39, 0.29) is 0 Å². The van der Waals surface area contributed by atoms with Crippen molar-refractivity contribution in [3.63, 3.8) is 0 Å². The van der Waals surface area contributed by atoms with E-state index >= 15 is 0 Å². The summed E-state index contributed by atoms with van der Waals surface area (Å²) in [5, 5.41) is 4.47. The molecule has 15 heavy (non-hydrogen) atoms. The first kappa shape index (κ1) is 9.98. The molecule has 0 radical (unpaired) electrons. The van der Waals surface area contributed by atoms with Crippen LogP contribution in [0.4, 0.5) is 6.01 Å². The van der Waals surface area contributed by atoms with Crippen LogP contribution in [-0.4, -0.2) is 24.2 Å². The maximum atomic E-state index is 6.01. The average molecular weight is 224 g/mol. The summed E-state index contributed by atoms with van der Waals surface area (Å²) >= 11 is 6.01. The molecule has 0 atom stereocenters. The van der Waals surface area contributed by atoms with Crippen molar-refractivity contribution in [1.82, 2.24) is 10.1 Å². The van der Waals surface area contributed by atoms with Crippen LogP contribution >= 0.6 is 11.6 Å². The van der Waals surface area contributed by atoms with Gasteiger partial charge < -0.3 is 9.42 Å². The van der Waals surface area contributed by atoms with Gasteiger partial charge in [-0.25, -0.2) is 0 Å². The molecule has 78 valence electrons. The molecule has 0 saturated heterocycles. The quantitative estimate of drug-likeness (QED) is 0.784. The highest BCUT2D eigenvalue weighted by Gasteiger charge is 2.11. The Bertz CT molecular complexity index is 467. The second-order valence-electron chi connectivity index (χ2n) is 3.27. The SMILES string of the molecule is CN(C)c1nc(-c2ccccc2Cl)no1. The molecule has 0 fully saturated rings. The van der Waals surface area contributed by atoms with Gasteiger partial charge in [-0.2, -0.15) is 4.98 Å². The monoisotopic (exact) mass is 223 g/mol. The second kappa shape index (κ2) is 3.90. The number of hydrogen-bond donors (Lipinski definition) is 0. The Morgan fingerprint density at radius 2 is 2.00 bits per heavy atom. The van der Waals surface area contributed by atoms with Crippen molar-refractivity contribution in [2.24, 2.45) is 0 Å². The number of benzene rings is 1. The van der Waals surface area contributed by atoms with Gasteiger partial charge in [-0.3, -0.25) is 0 Å². The van der Waals surface area contributed by atoms with Gasteiger partial charge >= 0.3 is 6.01 Å². The molecule has 1 aromatic heterocycles. The van der Waals surface area contributed by atoms with Gasteiger partial charge in [0.25, 0.3) is 0 Å². The van der Waals surface area contributed by atoms with Crippen LogP contribution in [0.15, 0.2) is 28.8 Å². The summed E-state index contributed by atoms with van der Waals surface area (Å²) in [6.45, 7) is 0. The van der Waals surface area contributed by atoms with Crippen LogP contribution in [0.3, 0.4) is 0 Å². The topological polar surface area (TPSA) is 42.2 Å². The predicted molar refractivity (Wildman–Crippen MR) is 59.1 cm³/mol. The van der Waals surface area contributed by atoms with Crippen molar-refractivity contribution < 1.29 is 4.52 Å². The van der Waals surface area contributed by atoms with E-state index in [2.05, 4.69) is 10.1 Å². The zero-order valence-electron chi connectivity index (χ0n) is 8.44. The van der Waals surface area contributed by atoms with Crippen LogP contribution < -0.4 is 4.90 Å². The van der Waals surface area contributed by atoms with Gasteiger partial charge in [-0.15, -0.1) is 0 Å². The Morgan fingerprint density at radius 1 is 1.27 bits per heavy atom. The summed E-state index contributed by atoms with van der Waals surface area (Å²) in [6.07, 6.45) is 0. The number of halogens is 1. The summed E-state index contributed by atoms with van der Waals surface area (Å²) in [5.74, 6) is 0.504. The summed E-state index contributed by atoms with van der Waals surface area (Å²) in [4.78, 5) is 5.95. The van der Waals surface area contributed by atoms with E-state index in [9.17, 15) is 0 Å². The molecular formula is C10H10ClN3O. The van der Waals surface area contributed by atoms with E-state index in [1.807, 2.05) is 32.3 Å². The first-order chi connectivity index (χ1) is 7.18. The average Bonchev–Trinajstić information content (AvgIpc) is 2.67. The molecule has 5 heteroatoms. The van der Waals surface area contributed by atoms with E-state index in [4.69, 9.17) is 16.1 Å². The molecule has 0 spiro atoms. The van der Waals surface area contributed by atoms with Crippen molar-refractivity contribution in [3.05, 3.63) is 29.3 Å². The number of nitrogens with zero attached hydrogens (tertiary/aromatic N) is 3. The molecule has 0 aliphatic carbocycles. The number of hydrogen-bond acceptors (Lipinski definition) is 4. The van der Waals surface area contributed by atoms with Gasteiger partial charge in [0.2, 0.25) is 5.82 Å². The fraction of sp³-hybridized carbons (Fsp3) is 0.200. The molecule has 0 amide bonds. The minimum absolute atomic E-state index is 0.463. The van der Waals surface area contributed by atoms with Crippen LogP contribution in [0, 0.1) is 0 Å². The van der Waals surface area contributed by atoms with Crippen molar-refractivity contribution in [2.75, 3.05) is 19.0 Å². The van der Waals surface area contributed by atoms with Gasteiger partial charge in [0, 0.05) is 19.7 Å². The van der Waals surface area contributed by atoms with Crippen LogP contribution in [0.5, 0.6) is 0 Å².